The van der Waals surface area contributed by atoms with Gasteiger partial charge in [-0.1, -0.05) is 23.7 Å². The number of nitrogens with zero attached hydrogens (tertiary/aromatic N) is 2. The Labute approximate surface area is 145 Å². The average molecular weight is 350 g/mol. The first kappa shape index (κ1) is 18.0. The van der Waals surface area contributed by atoms with Gasteiger partial charge in [-0.2, -0.15) is 0 Å². The normalized spacial score (nSPS) is 11.8. The van der Waals surface area contributed by atoms with Crippen molar-refractivity contribution < 1.29 is 9.53 Å². The van der Waals surface area contributed by atoms with Crippen LogP contribution in [0.2, 0.25) is 5.02 Å². The zero-order valence-corrected chi connectivity index (χ0v) is 14.6. The van der Waals surface area contributed by atoms with Crippen LogP contribution in [0.25, 0.3) is 0 Å². The summed E-state index contributed by atoms with van der Waals surface area (Å²) in [5.74, 6) is 0.177. The summed E-state index contributed by atoms with van der Waals surface area (Å²) < 4.78 is 7.02. The van der Waals surface area contributed by atoms with Crippen LogP contribution < -0.4 is 15.6 Å². The molecule has 6 nitrogen and oxygen atoms in total. The summed E-state index contributed by atoms with van der Waals surface area (Å²) in [7, 11) is 0. The number of nitrogens with one attached hydrogen (secondary N) is 1. The number of hydrogen-bond donors (Lipinski definition) is 1. The van der Waals surface area contributed by atoms with Gasteiger partial charge in [0.2, 0.25) is 0 Å². The molecular formula is C17H20ClN3O3. The summed E-state index contributed by atoms with van der Waals surface area (Å²) in [6.45, 7) is 5.81. The topological polar surface area (TPSA) is 73.2 Å². The van der Waals surface area contributed by atoms with Gasteiger partial charge in [-0.25, -0.2) is 4.98 Å². The molecule has 0 saturated carbocycles. The van der Waals surface area contributed by atoms with Crippen LogP contribution in [0.1, 0.15) is 18.2 Å². The molecule has 1 N–H and O–H groups in total. The molecule has 0 bridgehead atoms. The van der Waals surface area contributed by atoms with E-state index in [1.54, 1.807) is 45.0 Å². The second-order valence-electron chi connectivity index (χ2n) is 5.44. The molecule has 0 aliphatic rings. The number of halogens is 1. The minimum Gasteiger partial charge on any atom is -0.479 e. The van der Waals surface area contributed by atoms with Crippen LogP contribution in [-0.4, -0.2) is 28.1 Å². The Balaban J connectivity index is 1.88. The third kappa shape index (κ3) is 4.35. The molecule has 0 fully saturated rings. The van der Waals surface area contributed by atoms with E-state index in [0.29, 0.717) is 35.1 Å². The van der Waals surface area contributed by atoms with Gasteiger partial charge in [0.05, 0.1) is 11.3 Å². The number of amides is 1. The Kier molecular flexibility index (Phi) is 5.98. The fourth-order valence-electron chi connectivity index (χ4n) is 2.06. The third-order valence-corrected chi connectivity index (χ3v) is 3.99. The summed E-state index contributed by atoms with van der Waals surface area (Å²) in [6, 6.07) is 6.97. The van der Waals surface area contributed by atoms with E-state index in [2.05, 4.69) is 10.3 Å². The lowest BCUT2D eigenvalue weighted by Gasteiger charge is -2.16. The molecule has 1 amide bonds. The Morgan fingerprint density at radius 3 is 2.79 bits per heavy atom. The monoisotopic (exact) mass is 349 g/mol. The first-order chi connectivity index (χ1) is 11.4. The van der Waals surface area contributed by atoms with Gasteiger partial charge in [-0.3, -0.25) is 14.2 Å². The molecule has 1 atom stereocenters. The van der Waals surface area contributed by atoms with E-state index in [9.17, 15) is 9.59 Å². The molecule has 128 valence electrons. The highest BCUT2D eigenvalue weighted by atomic mass is 35.5. The zero-order chi connectivity index (χ0) is 17.7. The van der Waals surface area contributed by atoms with Gasteiger partial charge in [0, 0.05) is 24.3 Å². The van der Waals surface area contributed by atoms with E-state index < -0.39 is 6.10 Å². The number of carbonyl (C=O) groups excluding carboxylic acids is 1. The lowest BCUT2D eigenvalue weighted by molar-refractivity contribution is -0.127. The summed E-state index contributed by atoms with van der Waals surface area (Å²) in [6.07, 6.45) is 0.792. The number of benzene rings is 1. The fraction of sp³-hybridized carbons (Fsp3) is 0.353. The molecule has 1 aromatic heterocycles. The summed E-state index contributed by atoms with van der Waals surface area (Å²) in [5.41, 5.74) is 1.22. The highest BCUT2D eigenvalue weighted by Gasteiger charge is 2.15. The number of hydrogen-bond acceptors (Lipinski definition) is 4. The largest absolute Gasteiger partial charge is 0.479 e. The summed E-state index contributed by atoms with van der Waals surface area (Å²) in [5, 5.41) is 3.19. The molecule has 24 heavy (non-hydrogen) atoms. The highest BCUT2D eigenvalue weighted by Crippen LogP contribution is 2.24. The minimum absolute atomic E-state index is 0.0999. The highest BCUT2D eigenvalue weighted by molar-refractivity contribution is 6.32. The SMILES string of the molecule is Cc1ncn(CCNC(=O)C(C)Oc2ccccc2Cl)c(=O)c1C. The molecule has 0 radical (unpaired) electrons. The lowest BCUT2D eigenvalue weighted by atomic mass is 10.3. The summed E-state index contributed by atoms with van der Waals surface area (Å²) in [4.78, 5) is 28.3. The van der Waals surface area contributed by atoms with Crippen LogP contribution >= 0.6 is 11.6 Å². The van der Waals surface area contributed by atoms with E-state index >= 15 is 0 Å². The van der Waals surface area contributed by atoms with Crippen molar-refractivity contribution in [3.8, 4) is 5.75 Å². The molecular weight excluding hydrogens is 330 g/mol. The van der Waals surface area contributed by atoms with Crippen molar-refractivity contribution in [2.75, 3.05) is 6.54 Å². The first-order valence-electron chi connectivity index (χ1n) is 7.61. The number of aromatic nitrogens is 2. The lowest BCUT2D eigenvalue weighted by Crippen LogP contribution is -2.39. The molecule has 0 saturated heterocycles. The third-order valence-electron chi connectivity index (χ3n) is 3.68. The minimum atomic E-state index is -0.695. The molecule has 2 aromatic rings. The quantitative estimate of drug-likeness (QED) is 0.866. The molecule has 0 aliphatic heterocycles. The Bertz CT molecular complexity index is 789. The van der Waals surface area contributed by atoms with Crippen molar-refractivity contribution in [1.29, 1.82) is 0 Å². The zero-order valence-electron chi connectivity index (χ0n) is 13.9. The van der Waals surface area contributed by atoms with Crippen LogP contribution in [0.3, 0.4) is 0 Å². The number of rotatable bonds is 6. The van der Waals surface area contributed by atoms with Crippen molar-refractivity contribution >= 4 is 17.5 Å². The predicted octanol–water partition coefficient (Wildman–Crippen LogP) is 2.10. The van der Waals surface area contributed by atoms with E-state index in [0.717, 1.165) is 0 Å². The maximum absolute atomic E-state index is 12.1. The molecule has 7 heteroatoms. The van der Waals surface area contributed by atoms with Gasteiger partial charge in [-0.15, -0.1) is 0 Å². The standard InChI is InChI=1S/C17H20ClN3O3/c1-11-12(2)20-10-21(17(11)23)9-8-19-16(22)13(3)24-15-7-5-4-6-14(15)18/h4-7,10,13H,8-9H2,1-3H3,(H,19,22). The van der Waals surface area contributed by atoms with Crippen LogP contribution in [0.15, 0.2) is 35.4 Å². The van der Waals surface area contributed by atoms with Crippen LogP contribution in [0.4, 0.5) is 0 Å². The van der Waals surface area contributed by atoms with E-state index in [1.165, 1.54) is 10.9 Å². The smallest absolute Gasteiger partial charge is 0.260 e. The number of para-hydroxylation sites is 1. The molecule has 1 aromatic carbocycles. The Hall–Kier alpha value is -2.34. The van der Waals surface area contributed by atoms with Crippen molar-refractivity contribution in [2.24, 2.45) is 0 Å². The molecule has 1 heterocycles. The predicted molar refractivity (Wildman–Crippen MR) is 92.5 cm³/mol. The van der Waals surface area contributed by atoms with Crippen molar-refractivity contribution in [3.63, 3.8) is 0 Å². The van der Waals surface area contributed by atoms with Crippen molar-refractivity contribution in [1.82, 2.24) is 14.9 Å². The number of aryl methyl sites for hydroxylation is 1. The van der Waals surface area contributed by atoms with Crippen molar-refractivity contribution in [3.05, 3.63) is 57.2 Å². The molecule has 0 spiro atoms. The average Bonchev–Trinajstić information content (AvgIpc) is 2.56. The van der Waals surface area contributed by atoms with E-state index in [-0.39, 0.29) is 11.5 Å². The Morgan fingerprint density at radius 1 is 1.38 bits per heavy atom. The van der Waals surface area contributed by atoms with Crippen LogP contribution in [-0.2, 0) is 11.3 Å². The fourth-order valence-corrected chi connectivity index (χ4v) is 2.24. The van der Waals surface area contributed by atoms with Gasteiger partial charge in [0.25, 0.3) is 11.5 Å². The number of carbonyl (C=O) groups is 1. The van der Waals surface area contributed by atoms with Gasteiger partial charge in [0.1, 0.15) is 5.75 Å². The van der Waals surface area contributed by atoms with Crippen LogP contribution in [0, 0.1) is 13.8 Å². The van der Waals surface area contributed by atoms with Gasteiger partial charge in [-0.05, 0) is 32.9 Å². The second-order valence-corrected chi connectivity index (χ2v) is 5.84. The van der Waals surface area contributed by atoms with Crippen LogP contribution in [0.5, 0.6) is 5.75 Å². The van der Waals surface area contributed by atoms with Gasteiger partial charge in [0.15, 0.2) is 6.10 Å². The van der Waals surface area contributed by atoms with E-state index in [4.69, 9.17) is 16.3 Å². The molecule has 0 aliphatic carbocycles. The first-order valence-corrected chi connectivity index (χ1v) is 7.99. The maximum Gasteiger partial charge on any atom is 0.260 e. The summed E-state index contributed by atoms with van der Waals surface area (Å²) >= 11 is 6.00. The number of ether oxygens (including phenoxy) is 1. The second kappa shape index (κ2) is 7.97. The van der Waals surface area contributed by atoms with Crippen molar-refractivity contribution in [2.45, 2.75) is 33.4 Å². The van der Waals surface area contributed by atoms with E-state index in [1.807, 2.05) is 0 Å². The van der Waals surface area contributed by atoms with Gasteiger partial charge >= 0.3 is 0 Å². The molecule has 2 rings (SSSR count). The maximum atomic E-state index is 12.1. The Morgan fingerprint density at radius 2 is 2.08 bits per heavy atom. The van der Waals surface area contributed by atoms with Gasteiger partial charge < -0.3 is 10.1 Å². The molecule has 1 unspecified atom stereocenters.